The number of hydrogen-bond acceptors (Lipinski definition) is 2. The number of halogens is 1. The summed E-state index contributed by atoms with van der Waals surface area (Å²) in [6, 6.07) is 14.3. The van der Waals surface area contributed by atoms with Crippen LogP contribution in [0.25, 0.3) is 0 Å². The van der Waals surface area contributed by atoms with E-state index < -0.39 is 11.8 Å². The molecule has 0 atom stereocenters. The Bertz CT molecular complexity index is 686. The van der Waals surface area contributed by atoms with Gasteiger partial charge in [0.1, 0.15) is 0 Å². The van der Waals surface area contributed by atoms with E-state index in [9.17, 15) is 9.59 Å². The molecule has 0 saturated carbocycles. The highest BCUT2D eigenvalue weighted by atomic mass is 35.5. The molecular weight excluding hydrogens is 300 g/mol. The number of anilines is 2. The lowest BCUT2D eigenvalue weighted by atomic mass is 10.2. The van der Waals surface area contributed by atoms with Gasteiger partial charge in [-0.05, 0) is 43.7 Å². The predicted molar refractivity (Wildman–Crippen MR) is 89.3 cm³/mol. The molecule has 0 radical (unpaired) electrons. The van der Waals surface area contributed by atoms with E-state index in [1.54, 1.807) is 37.3 Å². The molecule has 2 aromatic carbocycles. The summed E-state index contributed by atoms with van der Waals surface area (Å²) in [5.41, 5.74) is 1.95. The Morgan fingerprint density at radius 1 is 1.09 bits per heavy atom. The molecule has 2 aromatic rings. The van der Waals surface area contributed by atoms with E-state index in [4.69, 9.17) is 11.6 Å². The quantitative estimate of drug-likeness (QED) is 0.879. The van der Waals surface area contributed by atoms with Crippen LogP contribution in [-0.4, -0.2) is 18.4 Å². The molecule has 0 unspecified atom stereocenters. The van der Waals surface area contributed by atoms with E-state index in [-0.39, 0.29) is 0 Å². The van der Waals surface area contributed by atoms with Gasteiger partial charge in [-0.2, -0.15) is 0 Å². The molecule has 0 saturated heterocycles. The predicted octanol–water partition coefficient (Wildman–Crippen LogP) is 3.64. The molecule has 0 heterocycles. The van der Waals surface area contributed by atoms with Gasteiger partial charge < -0.3 is 10.2 Å². The zero-order valence-corrected chi connectivity index (χ0v) is 13.2. The van der Waals surface area contributed by atoms with Crippen molar-refractivity contribution >= 4 is 34.8 Å². The fourth-order valence-electron chi connectivity index (χ4n) is 2.09. The SMILES string of the molecule is CCN(C(=O)C(=O)Nc1cccc(Cl)c1C)c1ccccc1. The van der Waals surface area contributed by atoms with Gasteiger partial charge >= 0.3 is 11.8 Å². The van der Waals surface area contributed by atoms with Crippen LogP contribution >= 0.6 is 11.6 Å². The van der Waals surface area contributed by atoms with E-state index in [1.165, 1.54) is 4.90 Å². The zero-order valence-electron chi connectivity index (χ0n) is 12.5. The first-order valence-electron chi connectivity index (χ1n) is 6.97. The van der Waals surface area contributed by atoms with Crippen molar-refractivity contribution in [3.8, 4) is 0 Å². The van der Waals surface area contributed by atoms with Crippen LogP contribution in [0.5, 0.6) is 0 Å². The first-order chi connectivity index (χ1) is 10.5. The van der Waals surface area contributed by atoms with Gasteiger partial charge in [0.15, 0.2) is 0 Å². The van der Waals surface area contributed by atoms with E-state index in [2.05, 4.69) is 5.32 Å². The molecule has 0 aliphatic heterocycles. The minimum absolute atomic E-state index is 0.408. The highest BCUT2D eigenvalue weighted by Crippen LogP contribution is 2.23. The highest BCUT2D eigenvalue weighted by Gasteiger charge is 2.22. The van der Waals surface area contributed by atoms with Gasteiger partial charge in [0.25, 0.3) is 0 Å². The van der Waals surface area contributed by atoms with Crippen LogP contribution < -0.4 is 10.2 Å². The number of rotatable bonds is 3. The maximum atomic E-state index is 12.4. The molecule has 114 valence electrons. The molecule has 0 aromatic heterocycles. The average Bonchev–Trinajstić information content (AvgIpc) is 2.53. The largest absolute Gasteiger partial charge is 0.317 e. The second-order valence-corrected chi connectivity index (χ2v) is 5.16. The number of nitrogens with one attached hydrogen (secondary N) is 1. The fourth-order valence-corrected chi connectivity index (χ4v) is 2.27. The van der Waals surface area contributed by atoms with E-state index >= 15 is 0 Å². The monoisotopic (exact) mass is 316 g/mol. The first-order valence-corrected chi connectivity index (χ1v) is 7.35. The number of amides is 2. The minimum Gasteiger partial charge on any atom is -0.317 e. The summed E-state index contributed by atoms with van der Waals surface area (Å²) < 4.78 is 0. The van der Waals surface area contributed by atoms with Crippen LogP contribution in [0.15, 0.2) is 48.5 Å². The molecule has 0 aliphatic carbocycles. The van der Waals surface area contributed by atoms with Crippen molar-refractivity contribution in [2.45, 2.75) is 13.8 Å². The Hall–Kier alpha value is -2.33. The second-order valence-electron chi connectivity index (χ2n) is 4.75. The number of para-hydroxylation sites is 1. The van der Waals surface area contributed by atoms with Gasteiger partial charge in [-0.25, -0.2) is 0 Å². The molecule has 5 heteroatoms. The van der Waals surface area contributed by atoms with Crippen LogP contribution in [-0.2, 0) is 9.59 Å². The third kappa shape index (κ3) is 3.46. The highest BCUT2D eigenvalue weighted by molar-refractivity contribution is 6.44. The molecule has 0 bridgehead atoms. The van der Waals surface area contributed by atoms with Gasteiger partial charge in [0, 0.05) is 22.9 Å². The Balaban J connectivity index is 2.18. The molecule has 2 amide bonds. The lowest BCUT2D eigenvalue weighted by Crippen LogP contribution is -2.39. The lowest BCUT2D eigenvalue weighted by Gasteiger charge is -2.20. The molecule has 2 rings (SSSR count). The number of carbonyl (C=O) groups excluding carboxylic acids is 2. The van der Waals surface area contributed by atoms with Crippen molar-refractivity contribution in [2.75, 3.05) is 16.8 Å². The van der Waals surface area contributed by atoms with Crippen molar-refractivity contribution < 1.29 is 9.59 Å². The Kier molecular flexibility index (Phi) is 5.17. The van der Waals surface area contributed by atoms with Crippen LogP contribution in [0, 0.1) is 6.92 Å². The molecule has 0 spiro atoms. The van der Waals surface area contributed by atoms with Crippen LogP contribution in [0.3, 0.4) is 0 Å². The molecule has 0 fully saturated rings. The summed E-state index contributed by atoms with van der Waals surface area (Å²) in [6.45, 7) is 4.02. The van der Waals surface area contributed by atoms with Crippen LogP contribution in [0.1, 0.15) is 12.5 Å². The summed E-state index contributed by atoms with van der Waals surface area (Å²) in [4.78, 5) is 26.0. The van der Waals surface area contributed by atoms with Crippen LogP contribution in [0.4, 0.5) is 11.4 Å². The van der Waals surface area contributed by atoms with Crippen molar-refractivity contribution in [2.24, 2.45) is 0 Å². The standard InChI is InChI=1S/C17H17ClN2O2/c1-3-20(13-8-5-4-6-9-13)17(22)16(21)19-15-11-7-10-14(18)12(15)2/h4-11H,3H2,1-2H3,(H,19,21). The second kappa shape index (κ2) is 7.09. The van der Waals surface area contributed by atoms with Gasteiger partial charge in [-0.1, -0.05) is 35.9 Å². The van der Waals surface area contributed by atoms with E-state index in [0.717, 1.165) is 5.56 Å². The smallest absolute Gasteiger partial charge is 0.316 e. The number of hydrogen-bond donors (Lipinski definition) is 1. The summed E-state index contributed by atoms with van der Waals surface area (Å²) in [7, 11) is 0. The zero-order chi connectivity index (χ0) is 16.1. The fraction of sp³-hybridized carbons (Fsp3) is 0.176. The first kappa shape index (κ1) is 16.0. The van der Waals surface area contributed by atoms with Crippen molar-refractivity contribution in [1.29, 1.82) is 0 Å². The molecule has 4 nitrogen and oxygen atoms in total. The average molecular weight is 317 g/mol. The maximum absolute atomic E-state index is 12.4. The minimum atomic E-state index is -0.684. The lowest BCUT2D eigenvalue weighted by molar-refractivity contribution is -0.134. The molecular formula is C17H17ClN2O2. The van der Waals surface area contributed by atoms with Crippen molar-refractivity contribution in [1.82, 2.24) is 0 Å². The Labute approximate surface area is 134 Å². The number of likely N-dealkylation sites (N-methyl/N-ethyl adjacent to an activating group) is 1. The van der Waals surface area contributed by atoms with Crippen molar-refractivity contribution in [3.05, 3.63) is 59.1 Å². The summed E-state index contributed by atoms with van der Waals surface area (Å²) in [5.74, 6) is -1.29. The summed E-state index contributed by atoms with van der Waals surface area (Å²) in [5, 5.41) is 3.16. The molecule has 0 aliphatic rings. The topological polar surface area (TPSA) is 49.4 Å². The third-order valence-corrected chi connectivity index (χ3v) is 3.75. The maximum Gasteiger partial charge on any atom is 0.316 e. The summed E-state index contributed by atoms with van der Waals surface area (Å²) >= 11 is 6.02. The number of carbonyl (C=O) groups is 2. The van der Waals surface area contributed by atoms with E-state index in [0.29, 0.717) is 22.9 Å². The number of benzene rings is 2. The van der Waals surface area contributed by atoms with Gasteiger partial charge in [0.2, 0.25) is 0 Å². The van der Waals surface area contributed by atoms with E-state index in [1.807, 2.05) is 25.1 Å². The molecule has 1 N–H and O–H groups in total. The van der Waals surface area contributed by atoms with Crippen molar-refractivity contribution in [3.63, 3.8) is 0 Å². The van der Waals surface area contributed by atoms with Gasteiger partial charge in [0.05, 0.1) is 0 Å². The van der Waals surface area contributed by atoms with Crippen LogP contribution in [0.2, 0.25) is 5.02 Å². The number of nitrogens with zero attached hydrogens (tertiary/aromatic N) is 1. The summed E-state index contributed by atoms with van der Waals surface area (Å²) in [6.07, 6.45) is 0. The molecule has 22 heavy (non-hydrogen) atoms. The Morgan fingerprint density at radius 2 is 1.77 bits per heavy atom. The Morgan fingerprint density at radius 3 is 2.41 bits per heavy atom. The van der Waals surface area contributed by atoms with Gasteiger partial charge in [-0.15, -0.1) is 0 Å². The normalized spacial score (nSPS) is 10.1. The van der Waals surface area contributed by atoms with Gasteiger partial charge in [-0.3, -0.25) is 9.59 Å². The third-order valence-electron chi connectivity index (χ3n) is 3.34.